The number of hydrogen-bond acceptors (Lipinski definition) is 5. The topological polar surface area (TPSA) is 48.4 Å². The first-order valence-electron chi connectivity index (χ1n) is 10.0. The van der Waals surface area contributed by atoms with E-state index in [1.165, 1.54) is 17.8 Å². The molecule has 0 amide bonds. The molecule has 0 fully saturated rings. The van der Waals surface area contributed by atoms with Crippen molar-refractivity contribution in [3.8, 4) is 5.75 Å². The van der Waals surface area contributed by atoms with E-state index in [0.717, 1.165) is 31.3 Å². The van der Waals surface area contributed by atoms with Crippen molar-refractivity contribution in [2.75, 3.05) is 19.0 Å². The van der Waals surface area contributed by atoms with Gasteiger partial charge >= 0.3 is 5.97 Å². The molecule has 1 unspecified atom stereocenters. The minimum atomic E-state index is -0.623. The van der Waals surface area contributed by atoms with Crippen molar-refractivity contribution in [1.29, 1.82) is 0 Å². The number of esters is 1. The largest absolute Gasteiger partial charge is 0.489 e. The number of ether oxygens (including phenoxy) is 2. The molecule has 0 radical (unpaired) electrons. The van der Waals surface area contributed by atoms with Crippen LogP contribution in [0, 0.1) is 11.9 Å². The van der Waals surface area contributed by atoms with Crippen LogP contribution >= 0.6 is 11.8 Å². The average Bonchev–Trinajstić information content (AvgIpc) is 2.71. The maximum absolute atomic E-state index is 13.8. The van der Waals surface area contributed by atoms with E-state index in [2.05, 4.69) is 32.0 Å². The molecular formula is C23H32FNO3S. The van der Waals surface area contributed by atoms with Gasteiger partial charge in [-0.1, -0.05) is 64.5 Å². The molecule has 0 aliphatic carbocycles. The molecule has 1 atom stereocenters. The Kier molecular flexibility index (Phi) is 12.8. The van der Waals surface area contributed by atoms with Crippen LogP contribution in [0.25, 0.3) is 0 Å². The summed E-state index contributed by atoms with van der Waals surface area (Å²) in [6.07, 6.45) is 9.72. The molecular weight excluding hydrogens is 389 g/mol. The van der Waals surface area contributed by atoms with Gasteiger partial charge in [-0.05, 0) is 17.9 Å². The Balaban J connectivity index is 2.46. The second-order valence-electron chi connectivity index (χ2n) is 6.63. The van der Waals surface area contributed by atoms with Gasteiger partial charge in [0.05, 0.1) is 13.0 Å². The molecule has 0 N–H and O–H groups in total. The van der Waals surface area contributed by atoms with Crippen LogP contribution in [0.2, 0.25) is 0 Å². The molecule has 0 bridgehead atoms. The number of hydrogen-bond donors (Lipinski definition) is 0. The first-order chi connectivity index (χ1) is 14.0. The summed E-state index contributed by atoms with van der Waals surface area (Å²) >= 11 is 1.30. The van der Waals surface area contributed by atoms with E-state index in [-0.39, 0.29) is 19.0 Å². The Bertz CT molecular complexity index is 691. The normalized spacial score (nSPS) is 12.3. The first kappa shape index (κ1) is 25.0. The predicted molar refractivity (Wildman–Crippen MR) is 118 cm³/mol. The lowest BCUT2D eigenvalue weighted by Crippen LogP contribution is -2.14. The van der Waals surface area contributed by atoms with E-state index in [1.807, 2.05) is 0 Å². The highest BCUT2D eigenvalue weighted by Gasteiger charge is 2.11. The number of rotatable bonds is 15. The third-order valence-corrected chi connectivity index (χ3v) is 5.24. The fourth-order valence-electron chi connectivity index (χ4n) is 2.52. The van der Waals surface area contributed by atoms with Gasteiger partial charge in [-0.2, -0.15) is 4.39 Å². The van der Waals surface area contributed by atoms with E-state index in [0.29, 0.717) is 29.1 Å². The molecule has 0 aliphatic rings. The van der Waals surface area contributed by atoms with Crippen LogP contribution in [-0.2, 0) is 9.53 Å². The summed E-state index contributed by atoms with van der Waals surface area (Å²) in [5.74, 6) is 0.412. The lowest BCUT2D eigenvalue weighted by molar-refractivity contribution is -0.144. The van der Waals surface area contributed by atoms with Crippen molar-refractivity contribution >= 4 is 17.7 Å². The minimum absolute atomic E-state index is 0.231. The number of carbonyl (C=O) groups excluding carboxylic acids is 1. The van der Waals surface area contributed by atoms with E-state index >= 15 is 0 Å². The zero-order valence-corrected chi connectivity index (χ0v) is 18.3. The van der Waals surface area contributed by atoms with Gasteiger partial charge in [-0.15, -0.1) is 11.8 Å². The second kappa shape index (κ2) is 14.9. The van der Waals surface area contributed by atoms with E-state index in [4.69, 9.17) is 9.47 Å². The molecule has 0 saturated heterocycles. The lowest BCUT2D eigenvalue weighted by Gasteiger charge is -2.14. The molecule has 1 heterocycles. The highest BCUT2D eigenvalue weighted by Crippen LogP contribution is 2.23. The number of halogens is 1. The van der Waals surface area contributed by atoms with Gasteiger partial charge < -0.3 is 9.47 Å². The van der Waals surface area contributed by atoms with Crippen LogP contribution in [0.5, 0.6) is 5.75 Å². The molecule has 0 aromatic carbocycles. The summed E-state index contributed by atoms with van der Waals surface area (Å²) in [6.45, 7) is 12.3. The summed E-state index contributed by atoms with van der Waals surface area (Å²) in [4.78, 5) is 15.8. The molecule has 6 heteroatoms. The van der Waals surface area contributed by atoms with Crippen molar-refractivity contribution in [1.82, 2.24) is 4.98 Å². The highest BCUT2D eigenvalue weighted by atomic mass is 32.2. The van der Waals surface area contributed by atoms with Gasteiger partial charge in [0.25, 0.3) is 0 Å². The number of unbranched alkanes of at least 4 members (excludes halogenated alkanes) is 1. The number of allylic oxidation sites excluding steroid dienone is 2. The van der Waals surface area contributed by atoms with Crippen LogP contribution in [0.3, 0.4) is 0 Å². The van der Waals surface area contributed by atoms with Crippen molar-refractivity contribution in [3.05, 3.63) is 55.0 Å². The van der Waals surface area contributed by atoms with E-state index in [9.17, 15) is 9.18 Å². The van der Waals surface area contributed by atoms with Crippen LogP contribution < -0.4 is 4.74 Å². The molecule has 160 valence electrons. The number of carbonyl (C=O) groups is 1. The molecule has 1 rings (SSSR count). The van der Waals surface area contributed by atoms with Gasteiger partial charge in [0.15, 0.2) is 0 Å². The monoisotopic (exact) mass is 421 g/mol. The van der Waals surface area contributed by atoms with Gasteiger partial charge in [0, 0.05) is 17.9 Å². The molecule has 0 saturated carbocycles. The van der Waals surface area contributed by atoms with Crippen LogP contribution in [-0.4, -0.2) is 29.9 Å². The molecule has 0 spiro atoms. The standard InChI is InChI=1S/C23H32FNO3S/c1-5-9-11-19(8-4)17-28-23(26)12-13-29-22-15-20(14-21(24)25-22)27-16-18(7-3)10-6-2/h6-7,10,14-15,19H,2-3,5,8-9,11-13,16-17H2,1,4H3/b18-10+. The predicted octanol–water partition coefficient (Wildman–Crippen LogP) is 6.14. The van der Waals surface area contributed by atoms with Crippen molar-refractivity contribution in [3.63, 3.8) is 0 Å². The molecule has 1 aromatic rings. The first-order valence-corrected chi connectivity index (χ1v) is 11.0. The van der Waals surface area contributed by atoms with Crippen molar-refractivity contribution in [2.24, 2.45) is 5.92 Å². The van der Waals surface area contributed by atoms with Crippen molar-refractivity contribution < 1.29 is 18.7 Å². The van der Waals surface area contributed by atoms with Gasteiger partial charge in [-0.3, -0.25) is 4.79 Å². The SMILES string of the molecule is C=C/C=C(\C=C)COc1cc(F)nc(SCCC(=O)OCC(CC)CCCC)c1. The molecule has 4 nitrogen and oxygen atoms in total. The number of nitrogens with zero attached hydrogens (tertiary/aromatic N) is 1. The summed E-state index contributed by atoms with van der Waals surface area (Å²) in [5, 5.41) is 0.468. The summed E-state index contributed by atoms with van der Waals surface area (Å²) in [6, 6.07) is 2.89. The smallest absolute Gasteiger partial charge is 0.306 e. The minimum Gasteiger partial charge on any atom is -0.489 e. The Morgan fingerprint density at radius 1 is 1.34 bits per heavy atom. The zero-order valence-electron chi connectivity index (χ0n) is 17.5. The quantitative estimate of drug-likeness (QED) is 0.147. The number of thioether (sulfide) groups is 1. The molecule has 29 heavy (non-hydrogen) atoms. The Labute approximate surface area is 178 Å². The average molecular weight is 422 g/mol. The van der Waals surface area contributed by atoms with Gasteiger partial charge in [0.2, 0.25) is 5.95 Å². The lowest BCUT2D eigenvalue weighted by atomic mass is 10.0. The van der Waals surface area contributed by atoms with Gasteiger partial charge in [0.1, 0.15) is 17.4 Å². The van der Waals surface area contributed by atoms with E-state index < -0.39 is 5.95 Å². The molecule has 1 aromatic heterocycles. The number of pyridine rings is 1. The Morgan fingerprint density at radius 2 is 2.14 bits per heavy atom. The fourth-order valence-corrected chi connectivity index (χ4v) is 3.35. The van der Waals surface area contributed by atoms with Gasteiger partial charge in [-0.25, -0.2) is 4.98 Å². The van der Waals surface area contributed by atoms with E-state index in [1.54, 1.807) is 24.3 Å². The summed E-state index contributed by atoms with van der Waals surface area (Å²) in [5.41, 5.74) is 0.832. The second-order valence-corrected chi connectivity index (χ2v) is 7.75. The third-order valence-electron chi connectivity index (χ3n) is 4.32. The van der Waals surface area contributed by atoms with Crippen LogP contribution in [0.1, 0.15) is 46.0 Å². The Hall–Kier alpha value is -2.08. The highest BCUT2D eigenvalue weighted by molar-refractivity contribution is 7.99. The molecule has 0 aliphatic heterocycles. The van der Waals surface area contributed by atoms with Crippen LogP contribution in [0.4, 0.5) is 4.39 Å². The zero-order chi connectivity index (χ0) is 21.5. The third kappa shape index (κ3) is 10.9. The number of aromatic nitrogens is 1. The fraction of sp³-hybridized carbons (Fsp3) is 0.478. The maximum atomic E-state index is 13.8. The van der Waals surface area contributed by atoms with Crippen LogP contribution in [0.15, 0.2) is 54.1 Å². The maximum Gasteiger partial charge on any atom is 0.306 e. The summed E-state index contributed by atoms with van der Waals surface area (Å²) in [7, 11) is 0. The summed E-state index contributed by atoms with van der Waals surface area (Å²) < 4.78 is 24.8. The van der Waals surface area contributed by atoms with Crippen molar-refractivity contribution in [2.45, 2.75) is 51.0 Å². The Morgan fingerprint density at radius 3 is 2.79 bits per heavy atom.